The number of nitrogens with zero attached hydrogens (tertiary/aromatic N) is 1. The van der Waals surface area contributed by atoms with Gasteiger partial charge in [0.05, 0.1) is 17.7 Å². The maximum Gasteiger partial charge on any atom is 0.494 e. The molecule has 27 heavy (non-hydrogen) atoms. The van der Waals surface area contributed by atoms with E-state index in [0.717, 1.165) is 36.7 Å². The molecule has 2 amide bonds. The third-order valence-electron chi connectivity index (χ3n) is 6.72. The van der Waals surface area contributed by atoms with Crippen LogP contribution in [0.3, 0.4) is 0 Å². The fourth-order valence-electron chi connectivity index (χ4n) is 4.34. The van der Waals surface area contributed by atoms with Crippen molar-refractivity contribution >= 4 is 24.4 Å². The fourth-order valence-corrected chi connectivity index (χ4v) is 4.34. The van der Waals surface area contributed by atoms with Crippen LogP contribution < -0.4 is 5.46 Å². The van der Waals surface area contributed by atoms with E-state index in [-0.39, 0.29) is 23.7 Å². The highest BCUT2D eigenvalue weighted by Gasteiger charge is 2.51. The van der Waals surface area contributed by atoms with Gasteiger partial charge in [-0.05, 0) is 58.0 Å². The van der Waals surface area contributed by atoms with Gasteiger partial charge in [-0.3, -0.25) is 14.5 Å². The zero-order valence-electron chi connectivity index (χ0n) is 16.7. The Kier molecular flexibility index (Phi) is 4.47. The first kappa shape index (κ1) is 18.7. The molecule has 1 saturated carbocycles. The molecule has 6 heteroatoms. The number of benzene rings is 1. The van der Waals surface area contributed by atoms with Crippen molar-refractivity contribution in [2.45, 2.75) is 71.1 Å². The van der Waals surface area contributed by atoms with E-state index in [1.165, 1.54) is 4.90 Å². The van der Waals surface area contributed by atoms with E-state index in [0.29, 0.717) is 6.54 Å². The lowest BCUT2D eigenvalue weighted by molar-refractivity contribution is -0.158. The maximum absolute atomic E-state index is 12.7. The van der Waals surface area contributed by atoms with Crippen molar-refractivity contribution in [3.63, 3.8) is 0 Å². The van der Waals surface area contributed by atoms with Crippen molar-refractivity contribution in [2.24, 2.45) is 11.8 Å². The van der Waals surface area contributed by atoms with Crippen molar-refractivity contribution in [1.82, 2.24) is 4.90 Å². The minimum absolute atomic E-state index is 0.00279. The molecule has 2 bridgehead atoms. The Morgan fingerprint density at radius 2 is 1.63 bits per heavy atom. The predicted molar refractivity (Wildman–Crippen MR) is 103 cm³/mol. The summed E-state index contributed by atoms with van der Waals surface area (Å²) >= 11 is 0. The third-order valence-corrected chi connectivity index (χ3v) is 6.72. The van der Waals surface area contributed by atoms with Crippen molar-refractivity contribution in [1.29, 1.82) is 0 Å². The van der Waals surface area contributed by atoms with Crippen molar-refractivity contribution in [3.05, 3.63) is 29.8 Å². The Labute approximate surface area is 161 Å². The first-order valence-electron chi connectivity index (χ1n) is 9.98. The first-order chi connectivity index (χ1) is 12.7. The number of piperidine rings is 1. The van der Waals surface area contributed by atoms with Crippen LogP contribution in [0.1, 0.15) is 58.9 Å². The van der Waals surface area contributed by atoms with Gasteiger partial charge in [0.2, 0.25) is 11.8 Å². The standard InChI is InChI=1S/C21H28BNO4/c1-20(2)21(3,4)27-22(26-20)17-10-5-7-14(11-17)13-23-18(24)15-8-6-9-16(12-15)19(23)25/h5,7,10-11,15-16H,6,8-9,12-13H2,1-4H3. The van der Waals surface area contributed by atoms with Gasteiger partial charge in [0.25, 0.3) is 0 Å². The summed E-state index contributed by atoms with van der Waals surface area (Å²) in [5, 5.41) is 0. The van der Waals surface area contributed by atoms with E-state index < -0.39 is 18.3 Å². The maximum atomic E-state index is 12.7. The number of hydrogen-bond acceptors (Lipinski definition) is 4. The van der Waals surface area contributed by atoms with Gasteiger partial charge in [0.1, 0.15) is 0 Å². The first-order valence-corrected chi connectivity index (χ1v) is 9.98. The molecule has 5 nitrogen and oxygen atoms in total. The SMILES string of the molecule is CC1(C)OB(c2cccc(CN3C(=O)C4CCCC(C4)C3=O)c2)OC1(C)C. The smallest absolute Gasteiger partial charge is 0.399 e. The van der Waals surface area contributed by atoms with Crippen LogP contribution in [0.25, 0.3) is 0 Å². The Bertz CT molecular complexity index is 737. The zero-order chi connectivity index (χ0) is 19.4. The average molecular weight is 369 g/mol. The molecule has 2 atom stereocenters. The van der Waals surface area contributed by atoms with Crippen molar-refractivity contribution in [3.8, 4) is 0 Å². The number of likely N-dealkylation sites (tertiary alicyclic amines) is 1. The van der Waals surface area contributed by atoms with Crippen molar-refractivity contribution in [2.75, 3.05) is 0 Å². The molecule has 1 aromatic rings. The second kappa shape index (κ2) is 6.45. The van der Waals surface area contributed by atoms with E-state index in [9.17, 15) is 9.59 Å². The molecule has 0 spiro atoms. The van der Waals surface area contributed by atoms with E-state index in [1.807, 2.05) is 52.0 Å². The predicted octanol–water partition coefficient (Wildman–Crippen LogP) is 2.66. The molecule has 3 fully saturated rings. The summed E-state index contributed by atoms with van der Waals surface area (Å²) in [7, 11) is -0.443. The van der Waals surface area contributed by atoms with Gasteiger partial charge in [-0.1, -0.05) is 30.7 Å². The normalized spacial score (nSPS) is 29.3. The minimum Gasteiger partial charge on any atom is -0.399 e. The van der Waals surface area contributed by atoms with Crippen LogP contribution in [0.5, 0.6) is 0 Å². The molecular weight excluding hydrogens is 341 g/mol. The second-order valence-electron chi connectivity index (χ2n) is 9.16. The fraction of sp³-hybridized carbons (Fsp3) is 0.619. The number of carbonyl (C=O) groups excluding carboxylic acids is 2. The van der Waals surface area contributed by atoms with E-state index >= 15 is 0 Å². The highest BCUT2D eigenvalue weighted by Crippen LogP contribution is 2.38. The highest BCUT2D eigenvalue weighted by molar-refractivity contribution is 6.62. The number of fused-ring (bicyclic) bond motifs is 2. The quantitative estimate of drug-likeness (QED) is 0.607. The monoisotopic (exact) mass is 369 g/mol. The Hall–Kier alpha value is -1.66. The lowest BCUT2D eigenvalue weighted by Crippen LogP contribution is -2.50. The summed E-state index contributed by atoms with van der Waals surface area (Å²) in [6.45, 7) is 8.45. The van der Waals surface area contributed by atoms with Gasteiger partial charge >= 0.3 is 7.12 Å². The van der Waals surface area contributed by atoms with Crippen LogP contribution in [-0.4, -0.2) is 35.0 Å². The number of amides is 2. The van der Waals surface area contributed by atoms with Gasteiger partial charge < -0.3 is 9.31 Å². The largest absolute Gasteiger partial charge is 0.494 e. The van der Waals surface area contributed by atoms with Gasteiger partial charge in [-0.15, -0.1) is 0 Å². The zero-order valence-corrected chi connectivity index (χ0v) is 16.7. The van der Waals surface area contributed by atoms with Gasteiger partial charge in [0.15, 0.2) is 0 Å². The molecular formula is C21H28BNO4. The Morgan fingerprint density at radius 3 is 2.22 bits per heavy atom. The van der Waals surface area contributed by atoms with Gasteiger partial charge in [0, 0.05) is 11.8 Å². The van der Waals surface area contributed by atoms with E-state index in [2.05, 4.69) is 0 Å². The Balaban J connectivity index is 1.53. The average Bonchev–Trinajstić information content (AvgIpc) is 2.85. The number of hydrogen-bond donors (Lipinski definition) is 0. The third kappa shape index (κ3) is 3.23. The molecule has 2 saturated heterocycles. The minimum atomic E-state index is -0.443. The van der Waals surface area contributed by atoms with Crippen LogP contribution in [0, 0.1) is 11.8 Å². The summed E-state index contributed by atoms with van der Waals surface area (Å²) in [6.07, 6.45) is 3.54. The molecule has 0 N–H and O–H groups in total. The molecule has 4 rings (SSSR count). The van der Waals surface area contributed by atoms with Crippen LogP contribution in [0.2, 0.25) is 0 Å². The van der Waals surface area contributed by atoms with Crippen LogP contribution >= 0.6 is 0 Å². The summed E-state index contributed by atoms with van der Waals surface area (Å²) in [6, 6.07) is 7.86. The Morgan fingerprint density at radius 1 is 1.04 bits per heavy atom. The number of rotatable bonds is 3. The summed E-state index contributed by atoms with van der Waals surface area (Å²) < 4.78 is 12.3. The summed E-state index contributed by atoms with van der Waals surface area (Å²) in [5.74, 6) is 0.0365. The van der Waals surface area contributed by atoms with Crippen LogP contribution in [0.4, 0.5) is 0 Å². The molecule has 3 aliphatic rings. The van der Waals surface area contributed by atoms with E-state index in [4.69, 9.17) is 9.31 Å². The molecule has 2 heterocycles. The molecule has 0 aromatic heterocycles. The topological polar surface area (TPSA) is 55.8 Å². The summed E-state index contributed by atoms with van der Waals surface area (Å²) in [4.78, 5) is 26.9. The number of carbonyl (C=O) groups is 2. The lowest BCUT2D eigenvalue weighted by Gasteiger charge is -2.39. The van der Waals surface area contributed by atoms with Gasteiger partial charge in [-0.25, -0.2) is 0 Å². The molecule has 2 unspecified atom stereocenters. The molecule has 2 aliphatic heterocycles. The summed E-state index contributed by atoms with van der Waals surface area (Å²) in [5.41, 5.74) is 1.06. The van der Waals surface area contributed by atoms with E-state index in [1.54, 1.807) is 0 Å². The number of imide groups is 1. The van der Waals surface area contributed by atoms with Crippen LogP contribution in [-0.2, 0) is 25.4 Å². The van der Waals surface area contributed by atoms with Crippen molar-refractivity contribution < 1.29 is 18.9 Å². The van der Waals surface area contributed by atoms with Gasteiger partial charge in [-0.2, -0.15) is 0 Å². The lowest BCUT2D eigenvalue weighted by atomic mass is 9.76. The highest BCUT2D eigenvalue weighted by atomic mass is 16.7. The van der Waals surface area contributed by atoms with Crippen LogP contribution in [0.15, 0.2) is 24.3 Å². The molecule has 1 aliphatic carbocycles. The second-order valence-corrected chi connectivity index (χ2v) is 9.16. The molecule has 0 radical (unpaired) electrons. The molecule has 144 valence electrons. The molecule has 1 aromatic carbocycles.